The molecule has 0 spiro atoms. The van der Waals surface area contributed by atoms with Crippen molar-refractivity contribution in [3.8, 4) is 17.6 Å². The Morgan fingerprint density at radius 3 is 2.52 bits per heavy atom. The standard InChI is InChI=1S/C18H16F2N2O3/c1-24-17-8-13(10-21)2-3-16(17)25-11-18(23)22-5-4-12-6-14(19)9-15(20)7-12/h2-3,6-9H,4-5,11H2,1H3,(H,22,23). The molecular formula is C18H16F2N2O3. The van der Waals surface area contributed by atoms with E-state index in [1.165, 1.54) is 25.3 Å². The van der Waals surface area contributed by atoms with Crippen LogP contribution in [0, 0.1) is 23.0 Å². The molecule has 0 radical (unpaired) electrons. The van der Waals surface area contributed by atoms with E-state index >= 15 is 0 Å². The summed E-state index contributed by atoms with van der Waals surface area (Å²) in [6.45, 7) is -0.0324. The Bertz CT molecular complexity index is 783. The van der Waals surface area contributed by atoms with Crippen LogP contribution in [0.1, 0.15) is 11.1 Å². The van der Waals surface area contributed by atoms with Crippen LogP contribution >= 0.6 is 0 Å². The number of amides is 1. The molecule has 7 heteroatoms. The van der Waals surface area contributed by atoms with E-state index in [1.807, 2.05) is 6.07 Å². The van der Waals surface area contributed by atoms with Gasteiger partial charge in [-0.3, -0.25) is 4.79 Å². The van der Waals surface area contributed by atoms with Gasteiger partial charge >= 0.3 is 0 Å². The summed E-state index contributed by atoms with van der Waals surface area (Å²) >= 11 is 0. The highest BCUT2D eigenvalue weighted by molar-refractivity contribution is 5.77. The predicted octanol–water partition coefficient (Wildman–Crippen LogP) is 2.58. The van der Waals surface area contributed by atoms with Gasteiger partial charge in [0.05, 0.1) is 18.7 Å². The molecule has 0 aromatic heterocycles. The van der Waals surface area contributed by atoms with E-state index in [-0.39, 0.29) is 19.1 Å². The number of carbonyl (C=O) groups is 1. The van der Waals surface area contributed by atoms with Crippen molar-refractivity contribution in [2.45, 2.75) is 6.42 Å². The zero-order valence-electron chi connectivity index (χ0n) is 13.5. The van der Waals surface area contributed by atoms with Crippen LogP contribution in [0.15, 0.2) is 36.4 Å². The number of nitrogens with one attached hydrogen (secondary N) is 1. The van der Waals surface area contributed by atoms with Gasteiger partial charge in [-0.05, 0) is 36.2 Å². The maximum atomic E-state index is 13.1. The zero-order valence-corrected chi connectivity index (χ0v) is 13.5. The fraction of sp³-hybridized carbons (Fsp3) is 0.222. The molecule has 0 aliphatic carbocycles. The maximum Gasteiger partial charge on any atom is 0.257 e. The molecule has 2 aromatic rings. The molecule has 0 atom stereocenters. The molecule has 130 valence electrons. The quantitative estimate of drug-likeness (QED) is 0.836. The van der Waals surface area contributed by atoms with Crippen molar-refractivity contribution >= 4 is 5.91 Å². The molecular weight excluding hydrogens is 330 g/mol. The minimum Gasteiger partial charge on any atom is -0.493 e. The second-order valence-electron chi connectivity index (χ2n) is 5.14. The van der Waals surface area contributed by atoms with E-state index in [0.717, 1.165) is 6.07 Å². The molecule has 0 heterocycles. The predicted molar refractivity (Wildman–Crippen MR) is 86.3 cm³/mol. The molecule has 0 fully saturated rings. The summed E-state index contributed by atoms with van der Waals surface area (Å²) < 4.78 is 36.6. The van der Waals surface area contributed by atoms with Crippen molar-refractivity contribution in [1.82, 2.24) is 5.32 Å². The zero-order chi connectivity index (χ0) is 18.2. The molecule has 2 rings (SSSR count). The molecule has 0 saturated carbocycles. The van der Waals surface area contributed by atoms with Gasteiger partial charge in [-0.25, -0.2) is 8.78 Å². The van der Waals surface area contributed by atoms with Crippen molar-refractivity contribution in [2.75, 3.05) is 20.3 Å². The Labute approximate surface area is 143 Å². The second-order valence-corrected chi connectivity index (χ2v) is 5.14. The smallest absolute Gasteiger partial charge is 0.257 e. The second kappa shape index (κ2) is 8.64. The van der Waals surface area contributed by atoms with Crippen molar-refractivity contribution < 1.29 is 23.0 Å². The summed E-state index contributed by atoms with van der Waals surface area (Å²) in [4.78, 5) is 11.8. The molecule has 25 heavy (non-hydrogen) atoms. The molecule has 0 unspecified atom stereocenters. The summed E-state index contributed by atoms with van der Waals surface area (Å²) in [5, 5.41) is 11.4. The van der Waals surface area contributed by atoms with Gasteiger partial charge in [-0.15, -0.1) is 0 Å². The lowest BCUT2D eigenvalue weighted by molar-refractivity contribution is -0.123. The lowest BCUT2D eigenvalue weighted by atomic mass is 10.1. The minimum absolute atomic E-state index is 0.218. The molecule has 0 aliphatic rings. The van der Waals surface area contributed by atoms with E-state index < -0.39 is 11.6 Å². The lowest BCUT2D eigenvalue weighted by Crippen LogP contribution is -2.30. The van der Waals surface area contributed by atoms with Crippen LogP contribution in [0.5, 0.6) is 11.5 Å². The maximum absolute atomic E-state index is 13.1. The average molecular weight is 346 g/mol. The van der Waals surface area contributed by atoms with E-state index in [1.54, 1.807) is 12.1 Å². The van der Waals surface area contributed by atoms with Crippen LogP contribution in [0.4, 0.5) is 8.78 Å². The van der Waals surface area contributed by atoms with Crippen molar-refractivity contribution in [1.29, 1.82) is 5.26 Å². The fourth-order valence-electron chi connectivity index (χ4n) is 2.15. The van der Waals surface area contributed by atoms with Gasteiger partial charge in [-0.1, -0.05) is 0 Å². The Hall–Kier alpha value is -3.14. The summed E-state index contributed by atoms with van der Waals surface area (Å²) in [5.74, 6) is -1.01. The number of methoxy groups -OCH3 is 1. The summed E-state index contributed by atoms with van der Waals surface area (Å²) in [6.07, 6.45) is 0.292. The Morgan fingerprint density at radius 1 is 1.16 bits per heavy atom. The fourth-order valence-corrected chi connectivity index (χ4v) is 2.15. The largest absolute Gasteiger partial charge is 0.493 e. The monoisotopic (exact) mass is 346 g/mol. The highest BCUT2D eigenvalue weighted by Crippen LogP contribution is 2.27. The van der Waals surface area contributed by atoms with Gasteiger partial charge in [0.15, 0.2) is 18.1 Å². The number of halogens is 2. The number of ether oxygens (including phenoxy) is 2. The number of nitrogens with zero attached hydrogens (tertiary/aromatic N) is 1. The molecule has 0 saturated heterocycles. The number of rotatable bonds is 7. The third-order valence-corrected chi connectivity index (χ3v) is 3.31. The molecule has 0 aliphatic heterocycles. The van der Waals surface area contributed by atoms with Crippen LogP contribution in [0.2, 0.25) is 0 Å². The SMILES string of the molecule is COc1cc(C#N)ccc1OCC(=O)NCCc1cc(F)cc(F)c1. The first-order valence-corrected chi connectivity index (χ1v) is 7.44. The van der Waals surface area contributed by atoms with Gasteiger partial charge in [0.25, 0.3) is 5.91 Å². The normalized spacial score (nSPS) is 10.0. The van der Waals surface area contributed by atoms with Crippen LogP contribution in [-0.4, -0.2) is 26.2 Å². The molecule has 1 amide bonds. The van der Waals surface area contributed by atoms with Gasteiger partial charge in [0.1, 0.15) is 11.6 Å². The van der Waals surface area contributed by atoms with Gasteiger partial charge in [0.2, 0.25) is 0 Å². The molecule has 1 N–H and O–H groups in total. The van der Waals surface area contributed by atoms with Crippen LogP contribution in [0.25, 0.3) is 0 Å². The van der Waals surface area contributed by atoms with Gasteiger partial charge < -0.3 is 14.8 Å². The Balaban J connectivity index is 1.82. The van der Waals surface area contributed by atoms with E-state index in [4.69, 9.17) is 14.7 Å². The first-order valence-electron chi connectivity index (χ1n) is 7.44. The lowest BCUT2D eigenvalue weighted by Gasteiger charge is -2.11. The van der Waals surface area contributed by atoms with Gasteiger partial charge in [0, 0.05) is 18.7 Å². The summed E-state index contributed by atoms with van der Waals surface area (Å²) in [6, 6.07) is 9.80. The van der Waals surface area contributed by atoms with E-state index in [2.05, 4.69) is 5.32 Å². The molecule has 2 aromatic carbocycles. The summed E-state index contributed by atoms with van der Waals surface area (Å²) in [7, 11) is 1.43. The first kappa shape index (κ1) is 18.2. The first-order chi connectivity index (χ1) is 12.0. The molecule has 0 bridgehead atoms. The number of benzene rings is 2. The number of hydrogen-bond acceptors (Lipinski definition) is 4. The average Bonchev–Trinajstić information content (AvgIpc) is 2.59. The van der Waals surface area contributed by atoms with Crippen molar-refractivity contribution in [2.24, 2.45) is 0 Å². The summed E-state index contributed by atoms with van der Waals surface area (Å²) in [5.41, 5.74) is 0.864. The van der Waals surface area contributed by atoms with Crippen LogP contribution in [-0.2, 0) is 11.2 Å². The highest BCUT2D eigenvalue weighted by Gasteiger charge is 2.09. The minimum atomic E-state index is -0.655. The van der Waals surface area contributed by atoms with Gasteiger partial charge in [-0.2, -0.15) is 5.26 Å². The van der Waals surface area contributed by atoms with Crippen molar-refractivity contribution in [3.63, 3.8) is 0 Å². The Kier molecular flexibility index (Phi) is 6.29. The number of nitriles is 1. The topological polar surface area (TPSA) is 71.3 Å². The van der Waals surface area contributed by atoms with E-state index in [0.29, 0.717) is 29.0 Å². The highest BCUT2D eigenvalue weighted by atomic mass is 19.1. The third kappa shape index (κ3) is 5.46. The molecule has 5 nitrogen and oxygen atoms in total. The third-order valence-electron chi connectivity index (χ3n) is 3.31. The van der Waals surface area contributed by atoms with Crippen molar-refractivity contribution in [3.05, 3.63) is 59.2 Å². The van der Waals surface area contributed by atoms with Crippen LogP contribution in [0.3, 0.4) is 0 Å². The number of hydrogen-bond donors (Lipinski definition) is 1. The number of carbonyl (C=O) groups excluding carboxylic acids is 1. The Morgan fingerprint density at radius 2 is 1.88 bits per heavy atom. The van der Waals surface area contributed by atoms with E-state index in [9.17, 15) is 13.6 Å². The van der Waals surface area contributed by atoms with Crippen LogP contribution < -0.4 is 14.8 Å².